The van der Waals surface area contributed by atoms with E-state index in [1.54, 1.807) is 16.9 Å². The number of rotatable bonds is 3. The molecule has 0 aliphatic carbocycles. The van der Waals surface area contributed by atoms with Crippen LogP contribution in [0.4, 0.5) is 18.9 Å². The predicted octanol–water partition coefficient (Wildman–Crippen LogP) is 4.12. The third kappa shape index (κ3) is 2.79. The van der Waals surface area contributed by atoms with Gasteiger partial charge in [-0.1, -0.05) is 19.1 Å². The maximum absolute atomic E-state index is 12.7. The summed E-state index contributed by atoms with van der Waals surface area (Å²) in [4.78, 5) is 0. The van der Waals surface area contributed by atoms with E-state index in [2.05, 4.69) is 5.10 Å². The van der Waals surface area contributed by atoms with Gasteiger partial charge in [0.1, 0.15) is 5.69 Å². The maximum atomic E-state index is 12.7. The van der Waals surface area contributed by atoms with Crippen LogP contribution in [0.1, 0.15) is 31.9 Å². The van der Waals surface area contributed by atoms with Crippen LogP contribution in [0.15, 0.2) is 30.5 Å². The van der Waals surface area contributed by atoms with E-state index in [9.17, 15) is 13.2 Å². The molecule has 1 aromatic heterocycles. The number of nitrogens with zero attached hydrogens (tertiary/aromatic N) is 2. The third-order valence-electron chi connectivity index (χ3n) is 3.27. The van der Waals surface area contributed by atoms with Gasteiger partial charge in [0.25, 0.3) is 0 Å². The predicted molar refractivity (Wildman–Crippen MR) is 72.1 cm³/mol. The number of nitrogens with two attached hydrogens (primary N) is 1. The summed E-state index contributed by atoms with van der Waals surface area (Å²) in [5.41, 5.74) is 6.30. The molecule has 6 heteroatoms. The van der Waals surface area contributed by atoms with Gasteiger partial charge in [0.05, 0.1) is 11.3 Å². The first-order valence-electron chi connectivity index (χ1n) is 6.35. The van der Waals surface area contributed by atoms with Crippen molar-refractivity contribution in [3.8, 4) is 11.3 Å². The molecule has 0 aliphatic rings. The molecule has 0 saturated carbocycles. The number of benzene rings is 1. The number of aromatic nitrogens is 2. The molecule has 1 aromatic carbocycles. The standard InChI is InChI=1S/C14H16F3N3/c1-3-9(2)20-8-12(18)13(19-20)10-5-4-6-11(7-10)14(15,16)17/h4-9H,3,18H2,1-2H3. The van der Waals surface area contributed by atoms with E-state index >= 15 is 0 Å². The molecule has 108 valence electrons. The van der Waals surface area contributed by atoms with Crippen molar-refractivity contribution >= 4 is 5.69 Å². The van der Waals surface area contributed by atoms with Crippen molar-refractivity contribution in [3.05, 3.63) is 36.0 Å². The molecule has 0 spiro atoms. The lowest BCUT2D eigenvalue weighted by Gasteiger charge is -2.09. The van der Waals surface area contributed by atoms with Crippen molar-refractivity contribution in [2.75, 3.05) is 5.73 Å². The first-order chi connectivity index (χ1) is 9.32. The van der Waals surface area contributed by atoms with Gasteiger partial charge in [-0.15, -0.1) is 0 Å². The van der Waals surface area contributed by atoms with Gasteiger partial charge in [0, 0.05) is 17.8 Å². The second-order valence-corrected chi connectivity index (χ2v) is 4.75. The van der Waals surface area contributed by atoms with E-state index in [1.807, 2.05) is 13.8 Å². The van der Waals surface area contributed by atoms with Crippen molar-refractivity contribution < 1.29 is 13.2 Å². The average molecular weight is 283 g/mol. The van der Waals surface area contributed by atoms with Crippen LogP contribution in [0, 0.1) is 0 Å². The zero-order valence-electron chi connectivity index (χ0n) is 11.3. The second-order valence-electron chi connectivity index (χ2n) is 4.75. The molecule has 3 nitrogen and oxygen atoms in total. The number of nitrogen functional groups attached to an aromatic ring is 1. The van der Waals surface area contributed by atoms with E-state index in [1.165, 1.54) is 6.07 Å². The molecule has 0 fully saturated rings. The van der Waals surface area contributed by atoms with Crippen molar-refractivity contribution in [2.45, 2.75) is 32.5 Å². The number of anilines is 1. The van der Waals surface area contributed by atoms with Crippen molar-refractivity contribution in [2.24, 2.45) is 0 Å². The molecular formula is C14H16F3N3. The highest BCUT2D eigenvalue weighted by Crippen LogP contribution is 2.33. The lowest BCUT2D eigenvalue weighted by Crippen LogP contribution is -2.05. The summed E-state index contributed by atoms with van der Waals surface area (Å²) in [6.07, 6.45) is -1.85. The molecule has 0 saturated heterocycles. The minimum atomic E-state index is -4.37. The van der Waals surface area contributed by atoms with Crippen LogP contribution in [0.25, 0.3) is 11.3 Å². The van der Waals surface area contributed by atoms with Crippen LogP contribution < -0.4 is 5.73 Å². The normalized spacial score (nSPS) is 13.4. The highest BCUT2D eigenvalue weighted by atomic mass is 19.4. The Bertz CT molecular complexity index is 602. The Morgan fingerprint density at radius 2 is 2.05 bits per heavy atom. The summed E-state index contributed by atoms with van der Waals surface area (Å²) in [6, 6.07) is 5.19. The van der Waals surface area contributed by atoms with Crippen LogP contribution in [-0.4, -0.2) is 9.78 Å². The Balaban J connectivity index is 2.44. The summed E-state index contributed by atoms with van der Waals surface area (Å²) in [6.45, 7) is 3.98. The average Bonchev–Trinajstić information content (AvgIpc) is 2.79. The van der Waals surface area contributed by atoms with E-state index in [-0.39, 0.29) is 6.04 Å². The van der Waals surface area contributed by atoms with Crippen molar-refractivity contribution in [1.29, 1.82) is 0 Å². The molecule has 0 aliphatic heterocycles. The Labute approximate surface area is 115 Å². The largest absolute Gasteiger partial charge is 0.416 e. The van der Waals surface area contributed by atoms with E-state index in [4.69, 9.17) is 5.73 Å². The van der Waals surface area contributed by atoms with Gasteiger partial charge in [-0.25, -0.2) is 0 Å². The Kier molecular flexibility index (Phi) is 3.74. The molecule has 0 radical (unpaired) electrons. The minimum absolute atomic E-state index is 0.150. The monoisotopic (exact) mass is 283 g/mol. The summed E-state index contributed by atoms with van der Waals surface area (Å²) < 4.78 is 39.8. The Morgan fingerprint density at radius 1 is 1.35 bits per heavy atom. The zero-order chi connectivity index (χ0) is 14.9. The summed E-state index contributed by atoms with van der Waals surface area (Å²) in [5, 5.41) is 4.30. The highest BCUT2D eigenvalue weighted by molar-refractivity contribution is 5.72. The second kappa shape index (κ2) is 5.19. The van der Waals surface area contributed by atoms with Gasteiger partial charge in [-0.2, -0.15) is 18.3 Å². The highest BCUT2D eigenvalue weighted by Gasteiger charge is 2.30. The maximum Gasteiger partial charge on any atom is 0.416 e. The smallest absolute Gasteiger partial charge is 0.396 e. The molecular weight excluding hydrogens is 267 g/mol. The third-order valence-corrected chi connectivity index (χ3v) is 3.27. The van der Waals surface area contributed by atoms with Gasteiger partial charge >= 0.3 is 6.18 Å². The minimum Gasteiger partial charge on any atom is -0.396 e. The fourth-order valence-electron chi connectivity index (χ4n) is 1.89. The molecule has 0 bridgehead atoms. The fraction of sp³-hybridized carbons (Fsp3) is 0.357. The zero-order valence-corrected chi connectivity index (χ0v) is 11.3. The number of halogens is 3. The fourth-order valence-corrected chi connectivity index (χ4v) is 1.89. The summed E-state index contributed by atoms with van der Waals surface area (Å²) in [7, 11) is 0. The molecule has 1 atom stereocenters. The summed E-state index contributed by atoms with van der Waals surface area (Å²) in [5.74, 6) is 0. The van der Waals surface area contributed by atoms with Crippen molar-refractivity contribution in [1.82, 2.24) is 9.78 Å². The molecule has 2 N–H and O–H groups in total. The first-order valence-corrected chi connectivity index (χ1v) is 6.35. The van der Waals surface area contributed by atoms with Crippen LogP contribution in [0.2, 0.25) is 0 Å². The molecule has 2 aromatic rings. The molecule has 1 heterocycles. The topological polar surface area (TPSA) is 43.8 Å². The molecule has 0 amide bonds. The molecule has 2 rings (SSSR count). The van der Waals surface area contributed by atoms with Crippen LogP contribution in [-0.2, 0) is 6.18 Å². The quantitative estimate of drug-likeness (QED) is 0.920. The van der Waals surface area contributed by atoms with Gasteiger partial charge in [-0.05, 0) is 25.5 Å². The van der Waals surface area contributed by atoms with Gasteiger partial charge in [0.15, 0.2) is 0 Å². The van der Waals surface area contributed by atoms with E-state index < -0.39 is 11.7 Å². The van der Waals surface area contributed by atoms with E-state index in [0.717, 1.165) is 18.6 Å². The SMILES string of the molecule is CCC(C)n1cc(N)c(-c2cccc(C(F)(F)F)c2)n1. The number of alkyl halides is 3. The van der Waals surface area contributed by atoms with Crippen LogP contribution in [0.3, 0.4) is 0 Å². The molecule has 20 heavy (non-hydrogen) atoms. The van der Waals surface area contributed by atoms with E-state index in [0.29, 0.717) is 16.9 Å². The van der Waals surface area contributed by atoms with Crippen LogP contribution >= 0.6 is 0 Å². The summed E-state index contributed by atoms with van der Waals surface area (Å²) >= 11 is 0. The van der Waals surface area contributed by atoms with Gasteiger partial charge < -0.3 is 5.73 Å². The Morgan fingerprint density at radius 3 is 2.65 bits per heavy atom. The van der Waals surface area contributed by atoms with Gasteiger partial charge in [-0.3, -0.25) is 4.68 Å². The molecule has 1 unspecified atom stereocenters. The number of hydrogen-bond acceptors (Lipinski definition) is 2. The Hall–Kier alpha value is -1.98. The lowest BCUT2D eigenvalue weighted by atomic mass is 10.1. The first kappa shape index (κ1) is 14.4. The number of hydrogen-bond donors (Lipinski definition) is 1. The van der Waals surface area contributed by atoms with Gasteiger partial charge in [0.2, 0.25) is 0 Å². The lowest BCUT2D eigenvalue weighted by molar-refractivity contribution is -0.137. The van der Waals surface area contributed by atoms with Crippen LogP contribution in [0.5, 0.6) is 0 Å². The van der Waals surface area contributed by atoms with Crippen molar-refractivity contribution in [3.63, 3.8) is 0 Å².